The number of Topliss-reactive ketones (excluding diaryl/α,β-unsaturated/α-hetero) is 2. The molecule has 3 aliphatic rings. The third-order valence-corrected chi connectivity index (χ3v) is 7.49. The van der Waals surface area contributed by atoms with Crippen LogP contribution in [0.3, 0.4) is 0 Å². The van der Waals surface area contributed by atoms with Crippen molar-refractivity contribution in [2.75, 3.05) is 38.4 Å². The first-order chi connectivity index (χ1) is 17.1. The molecule has 1 aromatic rings. The molecule has 12 heteroatoms. The van der Waals surface area contributed by atoms with Crippen LogP contribution < -0.4 is 16.0 Å². The Morgan fingerprint density at radius 2 is 1.76 bits per heavy atom. The minimum atomic E-state index is -2.71. The number of ketones is 2. The van der Waals surface area contributed by atoms with Gasteiger partial charge in [0.15, 0.2) is 11.4 Å². The summed E-state index contributed by atoms with van der Waals surface area (Å²) >= 11 is 0. The van der Waals surface area contributed by atoms with Gasteiger partial charge in [-0.1, -0.05) is 0 Å². The summed E-state index contributed by atoms with van der Waals surface area (Å²) < 4.78 is 0. The molecule has 0 radical (unpaired) electrons. The lowest BCUT2D eigenvalue weighted by Crippen LogP contribution is -2.65. The van der Waals surface area contributed by atoms with Gasteiger partial charge in [-0.2, -0.15) is 0 Å². The summed E-state index contributed by atoms with van der Waals surface area (Å²) in [4.78, 5) is 54.0. The lowest BCUT2D eigenvalue weighted by atomic mass is 9.57. The van der Waals surface area contributed by atoms with E-state index in [1.807, 2.05) is 0 Å². The monoisotopic (exact) mass is 514 g/mol. The Morgan fingerprint density at radius 3 is 2.27 bits per heavy atom. The number of likely N-dealkylation sites (N-methyl/N-ethyl adjacent to an activating group) is 1. The van der Waals surface area contributed by atoms with Gasteiger partial charge in [0.2, 0.25) is 11.7 Å². The van der Waals surface area contributed by atoms with E-state index in [1.165, 1.54) is 11.8 Å². The first-order valence-corrected chi connectivity index (χ1v) is 11.6. The maximum atomic E-state index is 13.9. The highest BCUT2D eigenvalue weighted by atomic mass is 16.3. The smallest absolute Gasteiger partial charge is 0.255 e. The van der Waals surface area contributed by atoms with Gasteiger partial charge in [-0.25, -0.2) is 0 Å². The van der Waals surface area contributed by atoms with E-state index < -0.39 is 69.7 Å². The zero-order valence-electron chi connectivity index (χ0n) is 21.1. The number of anilines is 2. The minimum Gasteiger partial charge on any atom is -0.508 e. The van der Waals surface area contributed by atoms with Gasteiger partial charge in [-0.05, 0) is 44.5 Å². The van der Waals surface area contributed by atoms with Crippen molar-refractivity contribution in [3.8, 4) is 5.75 Å². The van der Waals surface area contributed by atoms with Crippen LogP contribution in [0.1, 0.15) is 24.5 Å². The van der Waals surface area contributed by atoms with Crippen molar-refractivity contribution in [2.45, 2.75) is 31.4 Å². The van der Waals surface area contributed by atoms with Gasteiger partial charge in [0.05, 0.1) is 17.3 Å². The number of primary amides is 1. The molecule has 2 amide bonds. The fourth-order valence-corrected chi connectivity index (χ4v) is 5.98. The number of aromatic hydroxyl groups is 1. The topological polar surface area (TPSA) is 194 Å². The number of hydrogen-bond acceptors (Lipinski definition) is 10. The van der Waals surface area contributed by atoms with Crippen molar-refractivity contribution >= 4 is 40.5 Å². The van der Waals surface area contributed by atoms with Crippen LogP contribution in [0.5, 0.6) is 5.75 Å². The molecular formula is C25H30N4O8. The Morgan fingerprint density at radius 1 is 1.14 bits per heavy atom. The Bertz CT molecular complexity index is 1330. The third kappa shape index (κ3) is 3.58. The number of fused-ring (bicyclic) bond motifs is 3. The summed E-state index contributed by atoms with van der Waals surface area (Å²) in [6.45, 7) is 1.25. The molecule has 198 valence electrons. The molecule has 0 spiro atoms. The van der Waals surface area contributed by atoms with Crippen molar-refractivity contribution in [3.63, 3.8) is 0 Å². The number of aliphatic hydroxyl groups excluding tert-OH is 2. The maximum absolute atomic E-state index is 13.9. The van der Waals surface area contributed by atoms with Crippen LogP contribution in [0, 0.1) is 11.8 Å². The summed E-state index contributed by atoms with van der Waals surface area (Å²) in [6.07, 6.45) is 0.142. The molecule has 0 saturated heterocycles. The van der Waals surface area contributed by atoms with Crippen molar-refractivity contribution < 1.29 is 39.6 Å². The van der Waals surface area contributed by atoms with Crippen LogP contribution in [-0.2, 0) is 25.6 Å². The predicted molar refractivity (Wildman–Crippen MR) is 133 cm³/mol. The normalized spacial score (nSPS) is 27.1. The molecule has 0 heterocycles. The zero-order chi connectivity index (χ0) is 27.7. The minimum absolute atomic E-state index is 0.00710. The first-order valence-electron chi connectivity index (χ1n) is 11.6. The van der Waals surface area contributed by atoms with E-state index in [1.54, 1.807) is 39.2 Å². The molecule has 0 aliphatic heterocycles. The second-order valence-corrected chi connectivity index (χ2v) is 10.2. The molecule has 1 saturated carbocycles. The Kier molecular flexibility index (Phi) is 6.08. The predicted octanol–water partition coefficient (Wildman–Crippen LogP) is -0.0116. The fourth-order valence-electron chi connectivity index (χ4n) is 5.98. The lowest BCUT2D eigenvalue weighted by molar-refractivity contribution is -0.153. The Hall–Kier alpha value is -3.90. The van der Waals surface area contributed by atoms with E-state index in [-0.39, 0.29) is 29.7 Å². The fraction of sp³-hybridized carbons (Fsp3) is 0.440. The molecule has 4 atom stereocenters. The van der Waals surface area contributed by atoms with Gasteiger partial charge < -0.3 is 36.4 Å². The largest absolute Gasteiger partial charge is 0.508 e. The second-order valence-electron chi connectivity index (χ2n) is 10.2. The number of amides is 2. The maximum Gasteiger partial charge on any atom is 0.255 e. The van der Waals surface area contributed by atoms with Gasteiger partial charge >= 0.3 is 0 Å². The van der Waals surface area contributed by atoms with E-state index in [0.29, 0.717) is 11.3 Å². The quantitative estimate of drug-likeness (QED) is 0.235. The number of aliphatic hydroxyl groups is 3. The third-order valence-electron chi connectivity index (χ3n) is 7.49. The van der Waals surface area contributed by atoms with E-state index in [0.717, 1.165) is 0 Å². The molecule has 3 aliphatic carbocycles. The number of phenolic OH excluding ortho intramolecular Hbond substituents is 1. The van der Waals surface area contributed by atoms with E-state index in [2.05, 4.69) is 5.32 Å². The number of nitrogens with zero attached hydrogens (tertiary/aromatic N) is 2. The van der Waals surface area contributed by atoms with Crippen molar-refractivity contribution in [1.82, 2.24) is 4.90 Å². The molecule has 1 aromatic carbocycles. The standard InChI is InChI=1S/C25H30N4O8/c1-9(30)27-13-8-14(28(2)3)11-6-10-7-12-18(29(4)5)21(33)17(24(26)36)23(35)25(12,37)22(34)15(10)20(32)16(11)19(13)31/h8,10,12,18,31-32,35,37H,6-7H2,1-5H3,(H2,26,36)(H,27,30)/t10-,12-,18-,25-/m1/s1. The van der Waals surface area contributed by atoms with Crippen LogP contribution in [-0.4, -0.2) is 88.5 Å². The SMILES string of the molecule is CC(=O)Nc1cc(N(C)C)c2c(c1O)C(O)=C1C(=O)[C@@]3(O)C(O)=C(C(N)=O)C(=O)[C@H](N(C)C)[C@H]3C[C@H]1C2. The highest BCUT2D eigenvalue weighted by molar-refractivity contribution is 6.24. The number of carbonyl (C=O) groups excluding carboxylic acids is 4. The summed E-state index contributed by atoms with van der Waals surface area (Å²) in [6, 6.07) is 0.399. The molecule has 37 heavy (non-hydrogen) atoms. The van der Waals surface area contributed by atoms with Gasteiger partial charge in [-0.3, -0.25) is 24.1 Å². The number of nitrogens with one attached hydrogen (secondary N) is 1. The summed E-state index contributed by atoms with van der Waals surface area (Å²) in [5, 5.41) is 47.4. The van der Waals surface area contributed by atoms with Crippen molar-refractivity contribution in [2.24, 2.45) is 17.6 Å². The molecule has 12 nitrogen and oxygen atoms in total. The summed E-state index contributed by atoms with van der Waals surface area (Å²) in [5.41, 5.74) is 2.48. The molecule has 0 aromatic heterocycles. The van der Waals surface area contributed by atoms with Crippen LogP contribution >= 0.6 is 0 Å². The average Bonchev–Trinajstić information content (AvgIpc) is 2.77. The number of phenols is 1. The second kappa shape index (κ2) is 8.60. The van der Waals surface area contributed by atoms with Crippen LogP contribution in [0.25, 0.3) is 5.76 Å². The molecule has 4 rings (SSSR count). The Labute approximate surface area is 212 Å². The summed E-state index contributed by atoms with van der Waals surface area (Å²) in [5.74, 6) is -7.74. The number of carbonyl (C=O) groups is 4. The van der Waals surface area contributed by atoms with E-state index in [9.17, 15) is 39.6 Å². The highest BCUT2D eigenvalue weighted by Crippen LogP contribution is 2.54. The number of benzene rings is 1. The molecule has 1 fully saturated rings. The average molecular weight is 515 g/mol. The molecular weight excluding hydrogens is 484 g/mol. The molecule has 0 unspecified atom stereocenters. The Balaban J connectivity index is 2.01. The van der Waals surface area contributed by atoms with Crippen LogP contribution in [0.15, 0.2) is 23.0 Å². The van der Waals surface area contributed by atoms with Gasteiger partial charge in [0.1, 0.15) is 22.8 Å². The zero-order valence-corrected chi connectivity index (χ0v) is 21.1. The van der Waals surface area contributed by atoms with Crippen LogP contribution in [0.2, 0.25) is 0 Å². The summed E-state index contributed by atoms with van der Waals surface area (Å²) in [7, 11) is 6.56. The van der Waals surface area contributed by atoms with Crippen LogP contribution in [0.4, 0.5) is 11.4 Å². The highest BCUT2D eigenvalue weighted by Gasteiger charge is 2.64. The molecule has 0 bridgehead atoms. The number of nitrogens with two attached hydrogens (primary N) is 1. The van der Waals surface area contributed by atoms with E-state index >= 15 is 0 Å². The van der Waals surface area contributed by atoms with Crippen molar-refractivity contribution in [1.29, 1.82) is 0 Å². The lowest BCUT2D eigenvalue weighted by Gasteiger charge is -2.50. The number of hydrogen-bond donors (Lipinski definition) is 6. The first kappa shape index (κ1) is 26.2. The number of rotatable bonds is 4. The van der Waals surface area contributed by atoms with Gasteiger partial charge in [0.25, 0.3) is 5.91 Å². The van der Waals surface area contributed by atoms with Gasteiger partial charge in [0, 0.05) is 38.2 Å². The van der Waals surface area contributed by atoms with Crippen molar-refractivity contribution in [3.05, 3.63) is 34.1 Å². The molecule has 7 N–H and O–H groups in total. The van der Waals surface area contributed by atoms with Gasteiger partial charge in [-0.15, -0.1) is 0 Å². The van der Waals surface area contributed by atoms with E-state index in [4.69, 9.17) is 5.73 Å².